The molecule has 0 radical (unpaired) electrons. The Morgan fingerprint density at radius 1 is 1.27 bits per heavy atom. The summed E-state index contributed by atoms with van der Waals surface area (Å²) < 4.78 is 0. The molecule has 78 valence electrons. The number of benzene rings is 1. The summed E-state index contributed by atoms with van der Waals surface area (Å²) >= 11 is 0. The lowest BCUT2D eigenvalue weighted by Crippen LogP contribution is -2.11. The third kappa shape index (κ3) is 2.46. The minimum absolute atomic E-state index is 0.238. The van der Waals surface area contributed by atoms with E-state index < -0.39 is 0 Å². The average Bonchev–Trinajstić information content (AvgIpc) is 2.63. The van der Waals surface area contributed by atoms with Crippen LogP contribution in [0.4, 0.5) is 0 Å². The zero-order valence-corrected chi connectivity index (χ0v) is 8.92. The third-order valence-electron chi connectivity index (χ3n) is 2.74. The van der Waals surface area contributed by atoms with Gasteiger partial charge in [0.2, 0.25) is 0 Å². The number of allylic oxidation sites excluding steroid dienone is 2. The number of hydrogen-bond acceptors (Lipinski definition) is 2. The monoisotopic (exact) mass is 201 g/mol. The summed E-state index contributed by atoms with van der Waals surface area (Å²) in [4.78, 5) is 11.0. The summed E-state index contributed by atoms with van der Waals surface area (Å²) in [5, 5.41) is 3.31. The Kier molecular flexibility index (Phi) is 2.86. The van der Waals surface area contributed by atoms with Gasteiger partial charge in [0.25, 0.3) is 0 Å². The first-order valence-corrected chi connectivity index (χ1v) is 5.27. The predicted molar refractivity (Wildman–Crippen MR) is 60.3 cm³/mol. The molecule has 1 aromatic carbocycles. The van der Waals surface area contributed by atoms with Gasteiger partial charge in [-0.25, -0.2) is 0 Å². The molecule has 0 atom stereocenters. The average molecular weight is 201 g/mol. The van der Waals surface area contributed by atoms with Gasteiger partial charge in [-0.15, -0.1) is 0 Å². The molecule has 0 bridgehead atoms. The van der Waals surface area contributed by atoms with Crippen LogP contribution in [0.3, 0.4) is 0 Å². The summed E-state index contributed by atoms with van der Waals surface area (Å²) in [6.07, 6.45) is 3.25. The highest BCUT2D eigenvalue weighted by Gasteiger charge is 2.11. The third-order valence-corrected chi connectivity index (χ3v) is 2.74. The zero-order chi connectivity index (χ0) is 10.7. The van der Waals surface area contributed by atoms with Crippen molar-refractivity contribution in [3.63, 3.8) is 0 Å². The molecule has 1 aromatic rings. The fraction of sp³-hybridized carbons (Fsp3) is 0.308. The smallest absolute Gasteiger partial charge is 0.157 e. The van der Waals surface area contributed by atoms with Crippen molar-refractivity contribution in [1.29, 1.82) is 0 Å². The van der Waals surface area contributed by atoms with E-state index in [2.05, 4.69) is 24.4 Å². The van der Waals surface area contributed by atoms with E-state index in [4.69, 9.17) is 0 Å². The van der Waals surface area contributed by atoms with E-state index in [0.29, 0.717) is 6.42 Å². The molecular formula is C13H15NO. The van der Waals surface area contributed by atoms with Gasteiger partial charge >= 0.3 is 0 Å². The van der Waals surface area contributed by atoms with Crippen LogP contribution in [0.2, 0.25) is 0 Å². The standard InChI is InChI=1S/C13H15NO/c1-10-4-2-3-5-11(10)9-14-12-6-7-13(15)8-12/h2-5,8,14H,6-7,9H2,1H3. The normalized spacial score (nSPS) is 15.3. The lowest BCUT2D eigenvalue weighted by atomic mass is 10.1. The summed E-state index contributed by atoms with van der Waals surface area (Å²) in [7, 11) is 0. The van der Waals surface area contributed by atoms with Crippen LogP contribution in [-0.2, 0) is 11.3 Å². The number of hydrogen-bond donors (Lipinski definition) is 1. The van der Waals surface area contributed by atoms with Crippen LogP contribution in [0.1, 0.15) is 24.0 Å². The fourth-order valence-corrected chi connectivity index (χ4v) is 1.75. The van der Waals surface area contributed by atoms with Crippen molar-refractivity contribution in [1.82, 2.24) is 5.32 Å². The largest absolute Gasteiger partial charge is 0.384 e. The lowest BCUT2D eigenvalue weighted by Gasteiger charge is -2.08. The molecular weight excluding hydrogens is 186 g/mol. The Hall–Kier alpha value is -1.57. The van der Waals surface area contributed by atoms with E-state index in [0.717, 1.165) is 18.7 Å². The molecule has 0 aromatic heterocycles. The summed E-state index contributed by atoms with van der Waals surface area (Å²) in [6, 6.07) is 8.29. The fourth-order valence-electron chi connectivity index (χ4n) is 1.75. The van der Waals surface area contributed by atoms with Crippen molar-refractivity contribution >= 4 is 5.78 Å². The molecule has 15 heavy (non-hydrogen) atoms. The maximum atomic E-state index is 11.0. The molecule has 0 amide bonds. The highest BCUT2D eigenvalue weighted by molar-refractivity contribution is 5.92. The Morgan fingerprint density at radius 2 is 2.07 bits per heavy atom. The van der Waals surface area contributed by atoms with Gasteiger partial charge in [-0.3, -0.25) is 4.79 Å². The van der Waals surface area contributed by atoms with E-state index in [1.165, 1.54) is 11.1 Å². The van der Waals surface area contributed by atoms with Gasteiger partial charge in [-0.1, -0.05) is 24.3 Å². The SMILES string of the molecule is Cc1ccccc1CNC1=CC(=O)CC1. The molecule has 1 aliphatic rings. The molecule has 0 heterocycles. The first-order chi connectivity index (χ1) is 7.25. The quantitative estimate of drug-likeness (QED) is 0.813. The Morgan fingerprint density at radius 3 is 2.73 bits per heavy atom. The van der Waals surface area contributed by atoms with Crippen LogP contribution < -0.4 is 5.32 Å². The molecule has 0 unspecified atom stereocenters. The van der Waals surface area contributed by atoms with Crippen molar-refractivity contribution < 1.29 is 4.79 Å². The minimum Gasteiger partial charge on any atom is -0.384 e. The molecule has 1 aliphatic carbocycles. The lowest BCUT2D eigenvalue weighted by molar-refractivity contribution is -0.114. The summed E-state index contributed by atoms with van der Waals surface area (Å²) in [5.41, 5.74) is 3.65. The molecule has 0 aliphatic heterocycles. The number of aryl methyl sites for hydroxylation is 1. The van der Waals surface area contributed by atoms with Gasteiger partial charge in [-0.2, -0.15) is 0 Å². The number of carbonyl (C=O) groups is 1. The second-order valence-corrected chi connectivity index (χ2v) is 3.92. The van der Waals surface area contributed by atoms with Gasteiger partial charge in [0, 0.05) is 24.7 Å². The van der Waals surface area contributed by atoms with Gasteiger partial charge in [-0.05, 0) is 24.5 Å². The molecule has 1 N–H and O–H groups in total. The molecule has 0 saturated heterocycles. The van der Waals surface area contributed by atoms with Crippen LogP contribution in [0.15, 0.2) is 36.0 Å². The summed E-state index contributed by atoms with van der Waals surface area (Å²) in [6.45, 7) is 2.91. The van der Waals surface area contributed by atoms with Gasteiger partial charge < -0.3 is 5.32 Å². The van der Waals surface area contributed by atoms with E-state index in [1.807, 2.05) is 12.1 Å². The van der Waals surface area contributed by atoms with Crippen LogP contribution in [-0.4, -0.2) is 5.78 Å². The second kappa shape index (κ2) is 4.30. The molecule has 2 nitrogen and oxygen atoms in total. The van der Waals surface area contributed by atoms with Crippen molar-refractivity contribution in [3.05, 3.63) is 47.2 Å². The van der Waals surface area contributed by atoms with Gasteiger partial charge in [0.05, 0.1) is 0 Å². The maximum Gasteiger partial charge on any atom is 0.157 e. The number of nitrogens with one attached hydrogen (secondary N) is 1. The predicted octanol–water partition coefficient (Wildman–Crippen LogP) is 2.33. The highest BCUT2D eigenvalue weighted by atomic mass is 16.1. The molecule has 2 heteroatoms. The van der Waals surface area contributed by atoms with Crippen LogP contribution >= 0.6 is 0 Å². The molecule has 0 saturated carbocycles. The molecule has 2 rings (SSSR count). The maximum absolute atomic E-state index is 11.0. The number of rotatable bonds is 3. The summed E-state index contributed by atoms with van der Waals surface area (Å²) in [5.74, 6) is 0.238. The number of ketones is 1. The number of carbonyl (C=O) groups excluding carboxylic acids is 1. The zero-order valence-electron chi connectivity index (χ0n) is 8.92. The van der Waals surface area contributed by atoms with Crippen molar-refractivity contribution in [2.75, 3.05) is 0 Å². The van der Waals surface area contributed by atoms with E-state index in [-0.39, 0.29) is 5.78 Å². The minimum atomic E-state index is 0.238. The van der Waals surface area contributed by atoms with E-state index in [1.54, 1.807) is 6.08 Å². The first kappa shape index (κ1) is 9.97. The Bertz CT molecular complexity index is 407. The second-order valence-electron chi connectivity index (χ2n) is 3.92. The topological polar surface area (TPSA) is 29.1 Å². The van der Waals surface area contributed by atoms with Gasteiger partial charge in [0.15, 0.2) is 5.78 Å². The Labute approximate surface area is 90.0 Å². The van der Waals surface area contributed by atoms with Gasteiger partial charge in [0.1, 0.15) is 0 Å². The highest BCUT2D eigenvalue weighted by Crippen LogP contribution is 2.13. The van der Waals surface area contributed by atoms with Crippen LogP contribution in [0, 0.1) is 6.92 Å². The van der Waals surface area contributed by atoms with E-state index >= 15 is 0 Å². The van der Waals surface area contributed by atoms with Crippen molar-refractivity contribution in [2.45, 2.75) is 26.3 Å². The molecule has 0 fully saturated rings. The van der Waals surface area contributed by atoms with Crippen molar-refractivity contribution in [3.8, 4) is 0 Å². The molecule has 0 spiro atoms. The first-order valence-electron chi connectivity index (χ1n) is 5.27. The van der Waals surface area contributed by atoms with Crippen LogP contribution in [0.5, 0.6) is 0 Å². The van der Waals surface area contributed by atoms with E-state index in [9.17, 15) is 4.79 Å². The Balaban J connectivity index is 1.97. The van der Waals surface area contributed by atoms with Crippen molar-refractivity contribution in [2.24, 2.45) is 0 Å². The van der Waals surface area contributed by atoms with Crippen LogP contribution in [0.25, 0.3) is 0 Å².